The fourth-order valence-electron chi connectivity index (χ4n) is 3.07. The van der Waals surface area contributed by atoms with E-state index >= 15 is 0 Å². The van der Waals surface area contributed by atoms with Crippen molar-refractivity contribution in [2.75, 3.05) is 26.2 Å². The fourth-order valence-corrected chi connectivity index (χ4v) is 3.07. The van der Waals surface area contributed by atoms with Crippen molar-refractivity contribution in [1.29, 1.82) is 0 Å². The van der Waals surface area contributed by atoms with Gasteiger partial charge in [-0.3, -0.25) is 14.6 Å². The molecule has 2 amide bonds. The number of aromatic nitrogens is 1. The van der Waals surface area contributed by atoms with Crippen LogP contribution >= 0.6 is 0 Å². The molecule has 7 heteroatoms. The quantitative estimate of drug-likeness (QED) is 0.854. The van der Waals surface area contributed by atoms with Crippen molar-refractivity contribution in [2.24, 2.45) is 5.41 Å². The number of benzene rings is 1. The van der Waals surface area contributed by atoms with Gasteiger partial charge >= 0.3 is 5.76 Å². The highest BCUT2D eigenvalue weighted by Crippen LogP contribution is 2.20. The molecule has 0 spiro atoms. The lowest BCUT2D eigenvalue weighted by molar-refractivity contribution is -0.139. The number of oxazole rings is 1. The molecular weight excluding hydrogens is 322 g/mol. The van der Waals surface area contributed by atoms with Crippen molar-refractivity contribution in [3.8, 4) is 0 Å². The molecule has 3 rings (SSSR count). The predicted octanol–water partition coefficient (Wildman–Crippen LogP) is 1.84. The van der Waals surface area contributed by atoms with Gasteiger partial charge in [-0.25, -0.2) is 4.79 Å². The zero-order chi connectivity index (χ0) is 18.2. The second kappa shape index (κ2) is 6.38. The highest BCUT2D eigenvalue weighted by atomic mass is 16.4. The molecule has 25 heavy (non-hydrogen) atoms. The summed E-state index contributed by atoms with van der Waals surface area (Å²) in [6.07, 6.45) is 0.748. The van der Waals surface area contributed by atoms with Crippen LogP contribution in [0.15, 0.2) is 27.4 Å². The number of hydrogen-bond acceptors (Lipinski definition) is 4. The van der Waals surface area contributed by atoms with Crippen molar-refractivity contribution < 1.29 is 14.0 Å². The van der Waals surface area contributed by atoms with Crippen LogP contribution in [0.1, 0.15) is 37.6 Å². The van der Waals surface area contributed by atoms with E-state index in [1.807, 2.05) is 25.7 Å². The molecule has 1 saturated heterocycles. The van der Waals surface area contributed by atoms with Gasteiger partial charge in [0.25, 0.3) is 5.91 Å². The average Bonchev–Trinajstić information content (AvgIpc) is 2.76. The Bertz CT molecular complexity index is 859. The van der Waals surface area contributed by atoms with Crippen LogP contribution in [0, 0.1) is 5.41 Å². The molecule has 1 aromatic carbocycles. The van der Waals surface area contributed by atoms with Crippen LogP contribution in [-0.4, -0.2) is 52.8 Å². The molecule has 0 bridgehead atoms. The Hall–Kier alpha value is -2.57. The van der Waals surface area contributed by atoms with Gasteiger partial charge in [-0.1, -0.05) is 20.8 Å². The maximum Gasteiger partial charge on any atom is 0.417 e. The summed E-state index contributed by atoms with van der Waals surface area (Å²) in [4.78, 5) is 42.6. The van der Waals surface area contributed by atoms with E-state index in [0.29, 0.717) is 42.8 Å². The number of aromatic amines is 1. The van der Waals surface area contributed by atoms with Gasteiger partial charge in [0.05, 0.1) is 5.52 Å². The molecule has 1 fully saturated rings. The molecule has 2 aromatic rings. The summed E-state index contributed by atoms with van der Waals surface area (Å²) in [5.41, 5.74) is 1.02. The van der Waals surface area contributed by atoms with Crippen LogP contribution in [0.3, 0.4) is 0 Å². The molecule has 1 aliphatic heterocycles. The standard InChI is InChI=1S/C18H23N3O4/c1-18(2,3)16(23)21-8-4-7-20(9-10-21)15(22)12-5-6-14-13(11-12)19-17(24)25-14/h5-6,11H,4,7-10H2,1-3H3,(H,19,24). The average molecular weight is 345 g/mol. The van der Waals surface area contributed by atoms with E-state index in [2.05, 4.69) is 4.98 Å². The van der Waals surface area contributed by atoms with Gasteiger partial charge in [0.1, 0.15) is 0 Å². The van der Waals surface area contributed by atoms with Crippen molar-refractivity contribution in [2.45, 2.75) is 27.2 Å². The van der Waals surface area contributed by atoms with Gasteiger partial charge < -0.3 is 14.2 Å². The first-order valence-electron chi connectivity index (χ1n) is 8.47. The third kappa shape index (κ3) is 3.60. The van der Waals surface area contributed by atoms with Crippen LogP contribution in [0.2, 0.25) is 0 Å². The van der Waals surface area contributed by atoms with Gasteiger partial charge in [0.2, 0.25) is 5.91 Å². The first-order chi connectivity index (χ1) is 11.8. The highest BCUT2D eigenvalue weighted by molar-refractivity contribution is 5.97. The number of hydrogen-bond donors (Lipinski definition) is 1. The zero-order valence-corrected chi connectivity index (χ0v) is 14.8. The number of H-pyrrole nitrogens is 1. The van der Waals surface area contributed by atoms with Crippen molar-refractivity contribution in [3.05, 3.63) is 34.3 Å². The number of rotatable bonds is 1. The van der Waals surface area contributed by atoms with E-state index < -0.39 is 11.2 Å². The molecule has 0 radical (unpaired) electrons. The number of nitrogens with zero attached hydrogens (tertiary/aromatic N) is 2. The largest absolute Gasteiger partial charge is 0.417 e. The molecule has 0 aliphatic carbocycles. The van der Waals surface area contributed by atoms with Crippen LogP contribution in [-0.2, 0) is 4.79 Å². The number of carbonyl (C=O) groups is 2. The fraction of sp³-hybridized carbons (Fsp3) is 0.500. The molecule has 0 saturated carbocycles. The minimum atomic E-state index is -0.536. The predicted molar refractivity (Wildman–Crippen MR) is 93.4 cm³/mol. The number of carbonyl (C=O) groups excluding carboxylic acids is 2. The van der Waals surface area contributed by atoms with Gasteiger partial charge in [-0.05, 0) is 24.6 Å². The van der Waals surface area contributed by atoms with Crippen molar-refractivity contribution in [1.82, 2.24) is 14.8 Å². The number of nitrogens with one attached hydrogen (secondary N) is 1. The maximum absolute atomic E-state index is 12.8. The van der Waals surface area contributed by atoms with Crippen molar-refractivity contribution in [3.63, 3.8) is 0 Å². The summed E-state index contributed by atoms with van der Waals surface area (Å²) < 4.78 is 4.96. The molecule has 1 N–H and O–H groups in total. The number of fused-ring (bicyclic) bond motifs is 1. The van der Waals surface area contributed by atoms with E-state index in [4.69, 9.17) is 4.42 Å². The third-order valence-corrected chi connectivity index (χ3v) is 4.38. The Morgan fingerprint density at radius 3 is 2.48 bits per heavy atom. The van der Waals surface area contributed by atoms with Crippen LogP contribution < -0.4 is 5.76 Å². The second-order valence-electron chi connectivity index (χ2n) is 7.41. The molecule has 1 aromatic heterocycles. The summed E-state index contributed by atoms with van der Waals surface area (Å²) in [6, 6.07) is 4.91. The molecule has 7 nitrogen and oxygen atoms in total. The Balaban J connectivity index is 1.74. The lowest BCUT2D eigenvalue weighted by atomic mass is 9.94. The van der Waals surface area contributed by atoms with Gasteiger partial charge in [0, 0.05) is 37.2 Å². The summed E-state index contributed by atoms with van der Waals surface area (Å²) >= 11 is 0. The van der Waals surface area contributed by atoms with E-state index in [1.54, 1.807) is 23.1 Å². The highest BCUT2D eigenvalue weighted by Gasteiger charge is 2.29. The summed E-state index contributed by atoms with van der Waals surface area (Å²) in [7, 11) is 0. The Morgan fingerprint density at radius 1 is 1.08 bits per heavy atom. The lowest BCUT2D eigenvalue weighted by Crippen LogP contribution is -2.42. The third-order valence-electron chi connectivity index (χ3n) is 4.38. The van der Waals surface area contributed by atoms with Crippen molar-refractivity contribution >= 4 is 22.9 Å². The van der Waals surface area contributed by atoms with Gasteiger partial charge in [-0.15, -0.1) is 0 Å². The maximum atomic E-state index is 12.8. The van der Waals surface area contributed by atoms with Crippen LogP contribution in [0.5, 0.6) is 0 Å². The van der Waals surface area contributed by atoms with E-state index in [-0.39, 0.29) is 11.8 Å². The second-order valence-corrected chi connectivity index (χ2v) is 7.41. The van der Waals surface area contributed by atoms with Crippen LogP contribution in [0.4, 0.5) is 0 Å². The number of amides is 2. The smallest absolute Gasteiger partial charge is 0.408 e. The van der Waals surface area contributed by atoms with Gasteiger partial charge in [-0.2, -0.15) is 0 Å². The van der Waals surface area contributed by atoms with E-state index in [0.717, 1.165) is 6.42 Å². The summed E-state index contributed by atoms with van der Waals surface area (Å²) in [5.74, 6) is -0.529. The van der Waals surface area contributed by atoms with E-state index in [1.165, 1.54) is 0 Å². The summed E-state index contributed by atoms with van der Waals surface area (Å²) in [6.45, 7) is 8.02. The van der Waals surface area contributed by atoms with Gasteiger partial charge in [0.15, 0.2) is 5.58 Å². The minimum absolute atomic E-state index is 0.103. The molecule has 134 valence electrons. The first kappa shape index (κ1) is 17.3. The monoisotopic (exact) mass is 345 g/mol. The normalized spacial score (nSPS) is 16.1. The Morgan fingerprint density at radius 2 is 1.76 bits per heavy atom. The van der Waals surface area contributed by atoms with Crippen LogP contribution in [0.25, 0.3) is 11.1 Å². The minimum Gasteiger partial charge on any atom is -0.408 e. The zero-order valence-electron chi connectivity index (χ0n) is 14.8. The topological polar surface area (TPSA) is 86.6 Å². The molecular formula is C18H23N3O4. The molecule has 0 atom stereocenters. The van der Waals surface area contributed by atoms with E-state index in [9.17, 15) is 14.4 Å². The Kier molecular flexibility index (Phi) is 4.41. The molecule has 1 aliphatic rings. The first-order valence-corrected chi connectivity index (χ1v) is 8.47. The SMILES string of the molecule is CC(C)(C)C(=O)N1CCCN(C(=O)c2ccc3oc(=O)[nH]c3c2)CC1. The Labute approximate surface area is 145 Å². The summed E-state index contributed by atoms with van der Waals surface area (Å²) in [5, 5.41) is 0. The molecule has 0 unspecified atom stereocenters. The lowest BCUT2D eigenvalue weighted by Gasteiger charge is -2.28. The molecule has 2 heterocycles.